The Morgan fingerprint density at radius 1 is 1.19 bits per heavy atom. The number of halogens is 3. The summed E-state index contributed by atoms with van der Waals surface area (Å²) in [4.78, 5) is 11.4. The van der Waals surface area contributed by atoms with Gasteiger partial charge in [0, 0.05) is 10.8 Å². The second kappa shape index (κ2) is 3.76. The molecule has 0 aliphatic rings. The maximum Gasteiger partial charge on any atom is 0.155 e. The first-order valence-electron chi connectivity index (χ1n) is 4.44. The predicted octanol–water partition coefficient (Wildman–Crippen LogP) is 3.46. The molecule has 0 aliphatic carbocycles. The predicted molar refractivity (Wildman–Crippen MR) is 76.8 cm³/mol. The van der Waals surface area contributed by atoms with Crippen LogP contribution < -0.4 is 0 Å². The molecule has 0 saturated carbocycles. The van der Waals surface area contributed by atoms with Gasteiger partial charge in [0.05, 0.1) is 21.5 Å². The highest BCUT2D eigenvalue weighted by molar-refractivity contribution is 14.1. The van der Waals surface area contributed by atoms with Crippen LogP contribution in [0.3, 0.4) is 0 Å². The molecule has 0 radical (unpaired) electrons. The molecule has 3 rings (SSSR count). The maximum absolute atomic E-state index is 13.5. The molecule has 80 valence electrons. The summed E-state index contributed by atoms with van der Waals surface area (Å²) >= 11 is 4.14. The zero-order valence-electron chi connectivity index (χ0n) is 7.76. The first-order chi connectivity index (χ1) is 7.66. The third-order valence-electron chi connectivity index (χ3n) is 2.37. The van der Waals surface area contributed by atoms with Gasteiger partial charge in [0.2, 0.25) is 0 Å². The van der Waals surface area contributed by atoms with Crippen molar-refractivity contribution in [3.8, 4) is 0 Å². The molecule has 16 heavy (non-hydrogen) atoms. The third-order valence-corrected chi connectivity index (χ3v) is 4.01. The number of nitrogens with zero attached hydrogens (tertiary/aromatic N) is 2. The van der Waals surface area contributed by atoms with Crippen molar-refractivity contribution in [3.63, 3.8) is 0 Å². The molecule has 3 nitrogen and oxygen atoms in total. The molecular weight excluding hydrogens is 435 g/mol. The largest absolute Gasteiger partial charge is 0.338 e. The number of hydrogen-bond donors (Lipinski definition) is 1. The molecule has 1 N–H and O–H groups in total. The summed E-state index contributed by atoms with van der Waals surface area (Å²) < 4.78 is 14.9. The van der Waals surface area contributed by atoms with Gasteiger partial charge in [-0.25, -0.2) is 14.4 Å². The van der Waals surface area contributed by atoms with E-state index in [1.54, 1.807) is 6.20 Å². The molecule has 3 aromatic rings. The molecular formula is C10H4FI2N3. The molecule has 0 aliphatic heterocycles. The first-order valence-corrected chi connectivity index (χ1v) is 6.59. The highest BCUT2D eigenvalue weighted by Crippen LogP contribution is 2.29. The highest BCUT2D eigenvalue weighted by atomic mass is 127. The number of aromatic amines is 1. The summed E-state index contributed by atoms with van der Waals surface area (Å²) in [6.07, 6.45) is 2.98. The van der Waals surface area contributed by atoms with E-state index >= 15 is 0 Å². The molecule has 0 spiro atoms. The quantitative estimate of drug-likeness (QED) is 0.431. The molecule has 0 aromatic carbocycles. The molecule has 6 heteroatoms. The molecule has 3 heterocycles. The normalized spacial score (nSPS) is 11.4. The van der Waals surface area contributed by atoms with Crippen LogP contribution in [0.25, 0.3) is 21.9 Å². The summed E-state index contributed by atoms with van der Waals surface area (Å²) in [5, 5.41) is 1.79. The highest BCUT2D eigenvalue weighted by Gasteiger charge is 2.12. The van der Waals surface area contributed by atoms with Crippen LogP contribution in [0.5, 0.6) is 0 Å². The molecule has 0 atom stereocenters. The van der Waals surface area contributed by atoms with E-state index in [1.165, 1.54) is 6.20 Å². The Hall–Kier alpha value is -0.510. The van der Waals surface area contributed by atoms with E-state index in [1.807, 2.05) is 28.7 Å². The molecule has 0 bridgehead atoms. The summed E-state index contributed by atoms with van der Waals surface area (Å²) in [7, 11) is 0. The van der Waals surface area contributed by atoms with Crippen molar-refractivity contribution in [1.29, 1.82) is 0 Å². The Labute approximate surface area is 117 Å². The van der Waals surface area contributed by atoms with Crippen molar-refractivity contribution in [2.45, 2.75) is 0 Å². The topological polar surface area (TPSA) is 41.6 Å². The van der Waals surface area contributed by atoms with E-state index < -0.39 is 0 Å². The minimum Gasteiger partial charge on any atom is -0.338 e. The molecule has 0 amide bonds. The standard InChI is InChI=1S/C10H4FI2N3/c11-5-2-15-10-8(9(5)13)4-1-7(12)14-3-6(4)16-10/h1-3H,(H,15,16). The van der Waals surface area contributed by atoms with Crippen LogP contribution in [0.4, 0.5) is 4.39 Å². The summed E-state index contributed by atoms with van der Waals surface area (Å²) in [6, 6.07) is 1.93. The molecule has 0 unspecified atom stereocenters. The second-order valence-corrected chi connectivity index (χ2v) is 5.51. The average Bonchev–Trinajstić information content (AvgIpc) is 2.62. The van der Waals surface area contributed by atoms with Crippen LogP contribution in [0, 0.1) is 13.1 Å². The fourth-order valence-electron chi connectivity index (χ4n) is 1.67. The number of aromatic nitrogens is 3. The second-order valence-electron chi connectivity index (χ2n) is 3.32. The van der Waals surface area contributed by atoms with Gasteiger partial charge < -0.3 is 4.98 Å². The summed E-state index contributed by atoms with van der Waals surface area (Å²) in [5.41, 5.74) is 1.58. The Morgan fingerprint density at radius 3 is 2.81 bits per heavy atom. The fraction of sp³-hybridized carbons (Fsp3) is 0. The Morgan fingerprint density at radius 2 is 2.00 bits per heavy atom. The van der Waals surface area contributed by atoms with Crippen molar-refractivity contribution >= 4 is 67.1 Å². The van der Waals surface area contributed by atoms with Crippen LogP contribution in [-0.2, 0) is 0 Å². The summed E-state index contributed by atoms with van der Waals surface area (Å²) in [6.45, 7) is 0. The Balaban J connectivity index is 2.60. The van der Waals surface area contributed by atoms with Crippen molar-refractivity contribution in [3.05, 3.63) is 31.5 Å². The van der Waals surface area contributed by atoms with Crippen molar-refractivity contribution < 1.29 is 4.39 Å². The van der Waals surface area contributed by atoms with Gasteiger partial charge in [0.1, 0.15) is 9.35 Å². The fourth-order valence-corrected chi connectivity index (χ4v) is 2.81. The number of nitrogens with one attached hydrogen (secondary N) is 1. The SMILES string of the molecule is Fc1cnc2[nH]c3cnc(I)cc3c2c1I. The minimum absolute atomic E-state index is 0.291. The number of hydrogen-bond acceptors (Lipinski definition) is 2. The number of fused-ring (bicyclic) bond motifs is 3. The average molecular weight is 439 g/mol. The summed E-state index contributed by atoms with van der Waals surface area (Å²) in [5.74, 6) is -0.291. The maximum atomic E-state index is 13.5. The number of pyridine rings is 2. The molecule has 0 fully saturated rings. The van der Waals surface area contributed by atoms with Crippen molar-refractivity contribution in [2.24, 2.45) is 0 Å². The van der Waals surface area contributed by atoms with Gasteiger partial charge in [-0.05, 0) is 51.2 Å². The van der Waals surface area contributed by atoms with E-state index in [0.717, 1.165) is 20.0 Å². The smallest absolute Gasteiger partial charge is 0.155 e. The number of rotatable bonds is 0. The van der Waals surface area contributed by atoms with Gasteiger partial charge in [0.25, 0.3) is 0 Å². The van der Waals surface area contributed by atoms with Crippen LogP contribution in [0.15, 0.2) is 18.5 Å². The van der Waals surface area contributed by atoms with E-state index in [-0.39, 0.29) is 5.82 Å². The van der Waals surface area contributed by atoms with Gasteiger partial charge in [0.15, 0.2) is 5.82 Å². The monoisotopic (exact) mass is 439 g/mol. The molecule has 0 saturated heterocycles. The van der Waals surface area contributed by atoms with Gasteiger partial charge in [-0.1, -0.05) is 0 Å². The van der Waals surface area contributed by atoms with Gasteiger partial charge in [-0.3, -0.25) is 0 Å². The van der Waals surface area contributed by atoms with E-state index in [0.29, 0.717) is 9.22 Å². The van der Waals surface area contributed by atoms with Crippen LogP contribution >= 0.6 is 45.2 Å². The Bertz CT molecular complexity index is 708. The zero-order chi connectivity index (χ0) is 11.3. The zero-order valence-corrected chi connectivity index (χ0v) is 12.1. The van der Waals surface area contributed by atoms with Crippen LogP contribution in [-0.4, -0.2) is 15.0 Å². The van der Waals surface area contributed by atoms with Gasteiger partial charge in [-0.15, -0.1) is 0 Å². The first kappa shape index (κ1) is 10.6. The van der Waals surface area contributed by atoms with Gasteiger partial charge >= 0.3 is 0 Å². The minimum atomic E-state index is -0.291. The van der Waals surface area contributed by atoms with Crippen molar-refractivity contribution in [1.82, 2.24) is 15.0 Å². The third kappa shape index (κ3) is 1.50. The lowest BCUT2D eigenvalue weighted by atomic mass is 10.2. The lowest BCUT2D eigenvalue weighted by molar-refractivity contribution is 0.617. The molecule has 3 aromatic heterocycles. The van der Waals surface area contributed by atoms with E-state index in [2.05, 4.69) is 37.5 Å². The lowest BCUT2D eigenvalue weighted by Gasteiger charge is -1.96. The van der Waals surface area contributed by atoms with Crippen LogP contribution in [0.1, 0.15) is 0 Å². The van der Waals surface area contributed by atoms with Crippen LogP contribution in [0.2, 0.25) is 0 Å². The van der Waals surface area contributed by atoms with E-state index in [4.69, 9.17) is 0 Å². The van der Waals surface area contributed by atoms with Crippen molar-refractivity contribution in [2.75, 3.05) is 0 Å². The van der Waals surface area contributed by atoms with Gasteiger partial charge in [-0.2, -0.15) is 0 Å². The van der Waals surface area contributed by atoms with E-state index in [9.17, 15) is 4.39 Å². The Kier molecular flexibility index (Phi) is 2.50. The lowest BCUT2D eigenvalue weighted by Crippen LogP contribution is -1.86. The number of H-pyrrole nitrogens is 1.